The maximum Gasteiger partial charge on any atom is 0.222 e. The SMILES string of the molecule is CN1CCC(N(C)Cc2cccc(OC[C@@H]3CCCN(C(=O)CC4CCCC4)C3)c2)CC1. The molecule has 5 nitrogen and oxygen atoms in total. The molecule has 3 aliphatic rings. The lowest BCUT2D eigenvalue weighted by Crippen LogP contribution is -2.42. The van der Waals surface area contributed by atoms with Crippen molar-refractivity contribution in [2.45, 2.75) is 70.4 Å². The number of amides is 1. The van der Waals surface area contributed by atoms with Gasteiger partial charge in [-0.25, -0.2) is 0 Å². The first-order chi connectivity index (χ1) is 15.6. The van der Waals surface area contributed by atoms with Crippen molar-refractivity contribution in [3.8, 4) is 5.75 Å². The van der Waals surface area contributed by atoms with Crippen LogP contribution in [-0.2, 0) is 11.3 Å². The number of benzene rings is 1. The highest BCUT2D eigenvalue weighted by atomic mass is 16.5. The van der Waals surface area contributed by atoms with Crippen LogP contribution in [0.25, 0.3) is 0 Å². The maximum atomic E-state index is 12.7. The third kappa shape index (κ3) is 6.71. The van der Waals surface area contributed by atoms with Crippen molar-refractivity contribution in [1.29, 1.82) is 0 Å². The van der Waals surface area contributed by atoms with Gasteiger partial charge in [-0.15, -0.1) is 0 Å². The van der Waals surface area contributed by atoms with Gasteiger partial charge in [0.1, 0.15) is 5.75 Å². The van der Waals surface area contributed by atoms with E-state index in [-0.39, 0.29) is 0 Å². The molecule has 0 N–H and O–H groups in total. The van der Waals surface area contributed by atoms with Crippen LogP contribution in [0.4, 0.5) is 0 Å². The number of rotatable bonds is 8. The number of carbonyl (C=O) groups is 1. The van der Waals surface area contributed by atoms with Crippen LogP contribution < -0.4 is 4.74 Å². The van der Waals surface area contributed by atoms with E-state index in [1.165, 1.54) is 57.2 Å². The minimum Gasteiger partial charge on any atom is -0.493 e. The van der Waals surface area contributed by atoms with Crippen LogP contribution in [0.3, 0.4) is 0 Å². The van der Waals surface area contributed by atoms with Crippen LogP contribution in [-0.4, -0.2) is 73.5 Å². The Morgan fingerprint density at radius 2 is 1.78 bits per heavy atom. The fraction of sp³-hybridized carbons (Fsp3) is 0.741. The lowest BCUT2D eigenvalue weighted by Gasteiger charge is -2.35. The number of hydrogen-bond acceptors (Lipinski definition) is 4. The molecular weight excluding hydrogens is 398 g/mol. The van der Waals surface area contributed by atoms with Gasteiger partial charge < -0.3 is 14.5 Å². The first kappa shape index (κ1) is 23.6. The Balaban J connectivity index is 1.23. The van der Waals surface area contributed by atoms with Gasteiger partial charge in [0.15, 0.2) is 0 Å². The summed E-state index contributed by atoms with van der Waals surface area (Å²) in [6, 6.07) is 9.28. The van der Waals surface area contributed by atoms with E-state index in [4.69, 9.17) is 4.74 Å². The first-order valence-corrected chi connectivity index (χ1v) is 12.9. The molecule has 0 radical (unpaired) electrons. The molecule has 1 amide bonds. The Bertz CT molecular complexity index is 725. The highest BCUT2D eigenvalue weighted by Gasteiger charge is 2.27. The van der Waals surface area contributed by atoms with Gasteiger partial charge in [0, 0.05) is 38.0 Å². The van der Waals surface area contributed by atoms with Crippen LogP contribution in [0.2, 0.25) is 0 Å². The summed E-state index contributed by atoms with van der Waals surface area (Å²) >= 11 is 0. The van der Waals surface area contributed by atoms with E-state index in [2.05, 4.69) is 53.1 Å². The number of hydrogen-bond donors (Lipinski definition) is 0. The lowest BCUT2D eigenvalue weighted by atomic mass is 9.97. The average molecular weight is 442 g/mol. The third-order valence-electron chi connectivity index (χ3n) is 7.94. The van der Waals surface area contributed by atoms with E-state index in [0.29, 0.717) is 30.4 Å². The maximum absolute atomic E-state index is 12.7. The average Bonchev–Trinajstić information content (AvgIpc) is 3.31. The van der Waals surface area contributed by atoms with Crippen molar-refractivity contribution in [3.05, 3.63) is 29.8 Å². The van der Waals surface area contributed by atoms with Crippen molar-refractivity contribution in [1.82, 2.24) is 14.7 Å². The number of carbonyl (C=O) groups excluding carboxylic acids is 1. The zero-order valence-corrected chi connectivity index (χ0v) is 20.3. The Morgan fingerprint density at radius 3 is 2.56 bits per heavy atom. The fourth-order valence-corrected chi connectivity index (χ4v) is 5.82. The largest absolute Gasteiger partial charge is 0.493 e. The monoisotopic (exact) mass is 441 g/mol. The molecule has 1 saturated carbocycles. The number of piperidine rings is 2. The third-order valence-corrected chi connectivity index (χ3v) is 7.94. The fourth-order valence-electron chi connectivity index (χ4n) is 5.82. The van der Waals surface area contributed by atoms with Crippen LogP contribution in [0.15, 0.2) is 24.3 Å². The molecule has 1 atom stereocenters. The Hall–Kier alpha value is -1.59. The van der Waals surface area contributed by atoms with Gasteiger partial charge in [0.05, 0.1) is 6.61 Å². The van der Waals surface area contributed by atoms with Crippen LogP contribution in [0.1, 0.15) is 63.4 Å². The van der Waals surface area contributed by atoms with Gasteiger partial charge >= 0.3 is 0 Å². The van der Waals surface area contributed by atoms with E-state index >= 15 is 0 Å². The van der Waals surface area contributed by atoms with Crippen molar-refractivity contribution in [3.63, 3.8) is 0 Å². The minimum absolute atomic E-state index is 0.376. The molecule has 5 heteroatoms. The van der Waals surface area contributed by atoms with Crippen molar-refractivity contribution >= 4 is 5.91 Å². The Morgan fingerprint density at radius 1 is 1.03 bits per heavy atom. The molecule has 0 bridgehead atoms. The van der Waals surface area contributed by atoms with Gasteiger partial charge in [0.2, 0.25) is 5.91 Å². The molecule has 0 aromatic heterocycles. The van der Waals surface area contributed by atoms with Crippen molar-refractivity contribution in [2.75, 3.05) is 46.9 Å². The van der Waals surface area contributed by atoms with Crippen LogP contribution >= 0.6 is 0 Å². The molecule has 2 aliphatic heterocycles. The quantitative estimate of drug-likeness (QED) is 0.599. The Kier molecular flexibility index (Phi) is 8.48. The molecule has 4 rings (SSSR count). The summed E-state index contributed by atoms with van der Waals surface area (Å²) in [5.41, 5.74) is 1.32. The normalized spacial score (nSPS) is 23.7. The number of likely N-dealkylation sites (tertiary alicyclic amines) is 2. The molecule has 32 heavy (non-hydrogen) atoms. The molecule has 2 heterocycles. The van der Waals surface area contributed by atoms with Gasteiger partial charge in [-0.1, -0.05) is 25.0 Å². The van der Waals surface area contributed by atoms with Gasteiger partial charge in [-0.2, -0.15) is 0 Å². The van der Waals surface area contributed by atoms with E-state index < -0.39 is 0 Å². The van der Waals surface area contributed by atoms with E-state index in [9.17, 15) is 4.79 Å². The van der Waals surface area contributed by atoms with Crippen LogP contribution in [0, 0.1) is 11.8 Å². The molecule has 1 aromatic rings. The zero-order valence-electron chi connectivity index (χ0n) is 20.3. The summed E-state index contributed by atoms with van der Waals surface area (Å²) in [5, 5.41) is 0. The number of nitrogens with zero attached hydrogens (tertiary/aromatic N) is 3. The van der Waals surface area contributed by atoms with E-state index in [0.717, 1.165) is 44.6 Å². The van der Waals surface area contributed by atoms with Gasteiger partial charge in [-0.3, -0.25) is 9.69 Å². The topological polar surface area (TPSA) is 36.0 Å². The number of ether oxygens (including phenoxy) is 1. The van der Waals surface area contributed by atoms with Crippen molar-refractivity contribution in [2.24, 2.45) is 11.8 Å². The molecule has 0 unspecified atom stereocenters. The molecular formula is C27H43N3O2. The second-order valence-electron chi connectivity index (χ2n) is 10.6. The minimum atomic E-state index is 0.376. The van der Waals surface area contributed by atoms with E-state index in [1.54, 1.807) is 0 Å². The highest BCUT2D eigenvalue weighted by Crippen LogP contribution is 2.29. The predicted octanol–water partition coefficient (Wildman–Crippen LogP) is 4.41. The highest BCUT2D eigenvalue weighted by molar-refractivity contribution is 5.76. The summed E-state index contributed by atoms with van der Waals surface area (Å²) in [4.78, 5) is 19.8. The Labute approximate surface area is 195 Å². The van der Waals surface area contributed by atoms with E-state index in [1.807, 2.05) is 0 Å². The lowest BCUT2D eigenvalue weighted by molar-refractivity contribution is -0.134. The summed E-state index contributed by atoms with van der Waals surface area (Å²) < 4.78 is 6.23. The second kappa shape index (κ2) is 11.5. The standard InChI is InChI=1S/C27H43N3O2/c1-28-15-12-25(13-16-28)29(2)19-23-9-5-11-26(17-23)32-21-24-10-6-14-30(20-24)27(31)18-22-7-3-4-8-22/h5,9,11,17,22,24-25H,3-4,6-8,10,12-16,18-21H2,1-2H3/t24-/m1/s1. The molecule has 3 fully saturated rings. The smallest absolute Gasteiger partial charge is 0.222 e. The van der Waals surface area contributed by atoms with Gasteiger partial charge in [-0.05, 0) is 89.3 Å². The molecule has 178 valence electrons. The summed E-state index contributed by atoms with van der Waals surface area (Å²) in [7, 11) is 4.47. The second-order valence-corrected chi connectivity index (χ2v) is 10.6. The predicted molar refractivity (Wildman–Crippen MR) is 130 cm³/mol. The summed E-state index contributed by atoms with van der Waals surface area (Å²) in [6.07, 6.45) is 10.6. The van der Waals surface area contributed by atoms with Crippen LogP contribution in [0.5, 0.6) is 5.75 Å². The molecule has 1 aromatic carbocycles. The van der Waals surface area contributed by atoms with Gasteiger partial charge in [0.25, 0.3) is 0 Å². The first-order valence-electron chi connectivity index (χ1n) is 12.9. The molecule has 1 aliphatic carbocycles. The molecule has 0 spiro atoms. The molecule has 2 saturated heterocycles. The van der Waals surface area contributed by atoms with Crippen molar-refractivity contribution < 1.29 is 9.53 Å². The summed E-state index contributed by atoms with van der Waals surface area (Å²) in [5.74, 6) is 2.42. The summed E-state index contributed by atoms with van der Waals surface area (Å²) in [6.45, 7) is 5.87. The zero-order chi connectivity index (χ0) is 22.3.